The van der Waals surface area contributed by atoms with Crippen molar-refractivity contribution in [2.75, 3.05) is 0 Å². The third-order valence-corrected chi connectivity index (χ3v) is 3.76. The van der Waals surface area contributed by atoms with E-state index in [1.54, 1.807) is 6.07 Å². The molecule has 2 unspecified atom stereocenters. The molecule has 1 aliphatic carbocycles. The Balaban J connectivity index is 1.62. The summed E-state index contributed by atoms with van der Waals surface area (Å²) in [4.78, 5) is 4.12. The molecule has 0 bridgehead atoms. The fraction of sp³-hybridized carbons (Fsp3) is 0.462. The number of imidazole rings is 1. The molecule has 3 rings (SSSR count). The largest absolute Gasteiger partial charge is 0.448 e. The van der Waals surface area contributed by atoms with Crippen LogP contribution in [0, 0.1) is 0 Å². The van der Waals surface area contributed by atoms with Gasteiger partial charge in [0.1, 0.15) is 5.76 Å². The van der Waals surface area contributed by atoms with Gasteiger partial charge in [-0.15, -0.1) is 0 Å². The Morgan fingerprint density at radius 1 is 1.44 bits per heavy atom. The zero-order chi connectivity index (χ0) is 12.4. The average molecular weight is 266 g/mol. The normalized spacial score (nSPS) is 23.6. The summed E-state index contributed by atoms with van der Waals surface area (Å²) in [7, 11) is 0. The first-order valence-electron chi connectivity index (χ1n) is 6.28. The minimum absolute atomic E-state index is 0.449. The molecule has 0 aliphatic heterocycles. The monoisotopic (exact) mass is 265 g/mol. The summed E-state index contributed by atoms with van der Waals surface area (Å²) in [5, 5.41) is 4.00. The first-order valence-corrected chi connectivity index (χ1v) is 6.66. The topological polar surface area (TPSA) is 43.0 Å². The van der Waals surface area contributed by atoms with Gasteiger partial charge >= 0.3 is 0 Å². The van der Waals surface area contributed by atoms with Crippen LogP contribution in [0.25, 0.3) is 0 Å². The lowest BCUT2D eigenvalue weighted by Crippen LogP contribution is -2.33. The van der Waals surface area contributed by atoms with Gasteiger partial charge < -0.3 is 14.3 Å². The van der Waals surface area contributed by atoms with Crippen molar-refractivity contribution in [3.63, 3.8) is 0 Å². The second kappa shape index (κ2) is 5.16. The van der Waals surface area contributed by atoms with E-state index in [2.05, 4.69) is 14.9 Å². The third-order valence-electron chi connectivity index (χ3n) is 3.55. The quantitative estimate of drug-likeness (QED) is 0.924. The van der Waals surface area contributed by atoms with Crippen LogP contribution >= 0.6 is 11.6 Å². The zero-order valence-electron chi connectivity index (χ0n) is 10.1. The van der Waals surface area contributed by atoms with Crippen LogP contribution in [0.3, 0.4) is 0 Å². The van der Waals surface area contributed by atoms with Crippen LogP contribution in [0.5, 0.6) is 0 Å². The summed E-state index contributed by atoms with van der Waals surface area (Å²) < 4.78 is 7.55. The van der Waals surface area contributed by atoms with Gasteiger partial charge in [0.25, 0.3) is 0 Å². The van der Waals surface area contributed by atoms with Crippen LogP contribution in [-0.2, 0) is 6.54 Å². The molecule has 1 saturated carbocycles. The van der Waals surface area contributed by atoms with Crippen molar-refractivity contribution in [3.8, 4) is 0 Å². The van der Waals surface area contributed by atoms with Gasteiger partial charge in [0, 0.05) is 24.5 Å². The van der Waals surface area contributed by atoms with Crippen molar-refractivity contribution in [1.82, 2.24) is 14.9 Å². The minimum atomic E-state index is 0.449. The second-order valence-electron chi connectivity index (χ2n) is 4.70. The van der Waals surface area contributed by atoms with E-state index in [9.17, 15) is 0 Å². The lowest BCUT2D eigenvalue weighted by Gasteiger charge is -2.21. The van der Waals surface area contributed by atoms with Gasteiger partial charge in [0.2, 0.25) is 0 Å². The molecule has 0 amide bonds. The van der Waals surface area contributed by atoms with Crippen molar-refractivity contribution in [2.24, 2.45) is 0 Å². The third kappa shape index (κ3) is 2.44. The van der Waals surface area contributed by atoms with E-state index in [0.29, 0.717) is 17.3 Å². The van der Waals surface area contributed by atoms with Gasteiger partial charge in [0.15, 0.2) is 5.22 Å². The van der Waals surface area contributed by atoms with E-state index >= 15 is 0 Å². The van der Waals surface area contributed by atoms with Gasteiger partial charge in [-0.25, -0.2) is 4.98 Å². The van der Waals surface area contributed by atoms with Crippen LogP contribution in [0.1, 0.15) is 31.1 Å². The van der Waals surface area contributed by atoms with Crippen molar-refractivity contribution >= 4 is 11.6 Å². The number of rotatable bonds is 4. The standard InChI is InChI=1S/C13H16ClN3O/c14-13-5-4-10(18-13)8-16-11-2-1-3-12(11)17-7-6-15-9-17/h4-7,9,11-12,16H,1-3,8H2. The maximum Gasteiger partial charge on any atom is 0.193 e. The molecule has 1 N–H and O–H groups in total. The highest BCUT2D eigenvalue weighted by atomic mass is 35.5. The molecule has 96 valence electrons. The molecule has 0 aromatic carbocycles. The number of hydrogen-bond acceptors (Lipinski definition) is 3. The van der Waals surface area contributed by atoms with Gasteiger partial charge in [0.05, 0.1) is 12.9 Å². The molecule has 1 aliphatic rings. The van der Waals surface area contributed by atoms with Crippen molar-refractivity contribution in [1.29, 1.82) is 0 Å². The molecule has 2 aromatic rings. The van der Waals surface area contributed by atoms with Gasteiger partial charge in [-0.2, -0.15) is 0 Å². The Kier molecular flexibility index (Phi) is 3.39. The first-order chi connectivity index (χ1) is 8.83. The van der Waals surface area contributed by atoms with Crippen LogP contribution in [-0.4, -0.2) is 15.6 Å². The number of nitrogens with one attached hydrogen (secondary N) is 1. The smallest absolute Gasteiger partial charge is 0.193 e. The highest BCUT2D eigenvalue weighted by molar-refractivity contribution is 6.28. The number of hydrogen-bond donors (Lipinski definition) is 1. The van der Waals surface area contributed by atoms with E-state index in [4.69, 9.17) is 16.0 Å². The van der Waals surface area contributed by atoms with E-state index in [-0.39, 0.29) is 0 Å². The minimum Gasteiger partial charge on any atom is -0.448 e. The molecule has 0 spiro atoms. The summed E-state index contributed by atoms with van der Waals surface area (Å²) >= 11 is 5.76. The first kappa shape index (κ1) is 11.8. The molecule has 0 radical (unpaired) electrons. The molecule has 0 saturated heterocycles. The van der Waals surface area contributed by atoms with E-state index < -0.39 is 0 Å². The summed E-state index contributed by atoms with van der Waals surface area (Å²) in [5.74, 6) is 0.885. The molecule has 2 aromatic heterocycles. The molecule has 2 atom stereocenters. The van der Waals surface area contributed by atoms with Crippen molar-refractivity contribution in [2.45, 2.75) is 37.9 Å². The summed E-state index contributed by atoms with van der Waals surface area (Å²) in [6.07, 6.45) is 9.41. The Hall–Kier alpha value is -1.26. The molecular weight excluding hydrogens is 250 g/mol. The van der Waals surface area contributed by atoms with Crippen LogP contribution in [0.15, 0.2) is 35.3 Å². The predicted molar refractivity (Wildman–Crippen MR) is 69.5 cm³/mol. The highest BCUT2D eigenvalue weighted by Crippen LogP contribution is 2.30. The van der Waals surface area contributed by atoms with Crippen LogP contribution in [0.4, 0.5) is 0 Å². The molecule has 18 heavy (non-hydrogen) atoms. The Labute approximate surface area is 111 Å². The molecule has 1 fully saturated rings. The lowest BCUT2D eigenvalue weighted by molar-refractivity contribution is 0.372. The number of nitrogens with zero attached hydrogens (tertiary/aromatic N) is 2. The Bertz CT molecular complexity index is 494. The predicted octanol–water partition coefficient (Wildman–Crippen LogP) is 3.01. The Morgan fingerprint density at radius 3 is 3.11 bits per heavy atom. The second-order valence-corrected chi connectivity index (χ2v) is 5.07. The van der Waals surface area contributed by atoms with E-state index in [1.807, 2.05) is 24.8 Å². The average Bonchev–Trinajstić information content (AvgIpc) is 3.07. The molecule has 2 heterocycles. The SMILES string of the molecule is Clc1ccc(CNC2CCCC2n2ccnc2)o1. The summed E-state index contributed by atoms with van der Waals surface area (Å²) in [6, 6.07) is 4.66. The fourth-order valence-electron chi connectivity index (χ4n) is 2.68. The lowest BCUT2D eigenvalue weighted by atomic mass is 10.1. The van der Waals surface area contributed by atoms with Gasteiger partial charge in [-0.1, -0.05) is 0 Å². The van der Waals surface area contributed by atoms with Crippen molar-refractivity contribution in [3.05, 3.63) is 41.8 Å². The zero-order valence-corrected chi connectivity index (χ0v) is 10.8. The van der Waals surface area contributed by atoms with Gasteiger partial charge in [-0.3, -0.25) is 0 Å². The number of furan rings is 1. The molecular formula is C13H16ClN3O. The highest BCUT2D eigenvalue weighted by Gasteiger charge is 2.27. The van der Waals surface area contributed by atoms with Crippen LogP contribution < -0.4 is 5.32 Å². The molecule has 4 nitrogen and oxygen atoms in total. The Morgan fingerprint density at radius 2 is 2.39 bits per heavy atom. The summed E-state index contributed by atoms with van der Waals surface area (Å²) in [5.41, 5.74) is 0. The van der Waals surface area contributed by atoms with E-state index in [1.165, 1.54) is 19.3 Å². The van der Waals surface area contributed by atoms with Crippen molar-refractivity contribution < 1.29 is 4.42 Å². The maximum atomic E-state index is 5.76. The number of aromatic nitrogens is 2. The molecule has 5 heteroatoms. The maximum absolute atomic E-state index is 5.76. The number of halogens is 1. The van der Waals surface area contributed by atoms with Gasteiger partial charge in [-0.05, 0) is 43.0 Å². The summed E-state index contributed by atoms with van der Waals surface area (Å²) in [6.45, 7) is 0.725. The fourth-order valence-corrected chi connectivity index (χ4v) is 2.84. The van der Waals surface area contributed by atoms with Crippen LogP contribution in [0.2, 0.25) is 5.22 Å². The van der Waals surface area contributed by atoms with E-state index in [0.717, 1.165) is 12.3 Å².